The van der Waals surface area contributed by atoms with Crippen molar-refractivity contribution in [2.45, 2.75) is 18.6 Å². The van der Waals surface area contributed by atoms with Crippen molar-refractivity contribution in [2.24, 2.45) is 0 Å². The van der Waals surface area contributed by atoms with Gasteiger partial charge in [-0.15, -0.1) is 0 Å². The van der Waals surface area contributed by atoms with Crippen molar-refractivity contribution < 1.29 is 14.7 Å². The summed E-state index contributed by atoms with van der Waals surface area (Å²) >= 11 is 12.4. The van der Waals surface area contributed by atoms with Gasteiger partial charge in [0.25, 0.3) is 5.91 Å². The molecule has 0 aromatic heterocycles. The quantitative estimate of drug-likeness (QED) is 0.337. The molecule has 6 heteroatoms. The van der Waals surface area contributed by atoms with E-state index in [-0.39, 0.29) is 12.3 Å². The van der Waals surface area contributed by atoms with Crippen molar-refractivity contribution in [3.63, 3.8) is 0 Å². The summed E-state index contributed by atoms with van der Waals surface area (Å²) in [5, 5.41) is 12.3. The van der Waals surface area contributed by atoms with E-state index in [9.17, 15) is 14.7 Å². The van der Waals surface area contributed by atoms with E-state index in [0.29, 0.717) is 21.3 Å². The number of amides is 1. The molecule has 0 fully saturated rings. The summed E-state index contributed by atoms with van der Waals surface area (Å²) in [6.45, 7) is 0.166. The van der Waals surface area contributed by atoms with Gasteiger partial charge in [-0.05, 0) is 41.5 Å². The number of nitrogens with zero attached hydrogens (tertiary/aromatic N) is 1. The lowest BCUT2D eigenvalue weighted by atomic mass is 9.90. The smallest absolute Gasteiger partial charge is 0.264 e. The van der Waals surface area contributed by atoms with E-state index in [0.717, 1.165) is 11.1 Å². The summed E-state index contributed by atoms with van der Waals surface area (Å²) in [5.74, 6) is -0.963. The third-order valence-electron chi connectivity index (χ3n) is 5.49. The molecule has 3 aromatic carbocycles. The second-order valence-electron chi connectivity index (χ2n) is 7.78. The minimum atomic E-state index is -2.01. The molecule has 0 saturated heterocycles. The first-order valence-corrected chi connectivity index (χ1v) is 11.1. The Morgan fingerprint density at radius 3 is 2.45 bits per heavy atom. The van der Waals surface area contributed by atoms with Crippen molar-refractivity contribution in [3.8, 4) is 0 Å². The molecule has 1 unspecified atom stereocenters. The number of aliphatic hydroxyl groups is 1. The number of allylic oxidation sites excluding steroid dienone is 3. The largest absolute Gasteiger partial charge is 0.375 e. The van der Waals surface area contributed by atoms with Crippen LogP contribution in [0.4, 0.5) is 5.69 Å². The Morgan fingerprint density at radius 1 is 0.970 bits per heavy atom. The number of hydrogen-bond donors (Lipinski definition) is 1. The molecule has 3 aromatic rings. The fraction of sp³-hybridized carbons (Fsp3) is 0.111. The maximum Gasteiger partial charge on any atom is 0.264 e. The number of halogens is 2. The number of fused-ring (bicyclic) bond motifs is 1. The monoisotopic (exact) mass is 477 g/mol. The number of carbonyl (C=O) groups excluding carboxylic acids is 2. The van der Waals surface area contributed by atoms with Crippen LogP contribution < -0.4 is 4.90 Å². The highest BCUT2D eigenvalue weighted by atomic mass is 35.5. The Morgan fingerprint density at radius 2 is 1.70 bits per heavy atom. The lowest BCUT2D eigenvalue weighted by Gasteiger charge is -2.22. The van der Waals surface area contributed by atoms with Gasteiger partial charge in [0.2, 0.25) is 0 Å². The van der Waals surface area contributed by atoms with Crippen LogP contribution in [0.2, 0.25) is 10.0 Å². The van der Waals surface area contributed by atoms with E-state index < -0.39 is 17.9 Å². The minimum absolute atomic E-state index is 0.166. The Kier molecular flexibility index (Phi) is 6.80. The molecule has 4 nitrogen and oxygen atoms in total. The third kappa shape index (κ3) is 4.93. The molecule has 33 heavy (non-hydrogen) atoms. The number of hydrogen-bond acceptors (Lipinski definition) is 3. The van der Waals surface area contributed by atoms with Gasteiger partial charge in [0.15, 0.2) is 11.4 Å². The van der Waals surface area contributed by atoms with Crippen LogP contribution >= 0.6 is 23.2 Å². The number of anilines is 1. The Bertz CT molecular complexity index is 1250. The van der Waals surface area contributed by atoms with Gasteiger partial charge >= 0.3 is 0 Å². The van der Waals surface area contributed by atoms with E-state index >= 15 is 0 Å². The van der Waals surface area contributed by atoms with Gasteiger partial charge in [-0.3, -0.25) is 9.59 Å². The molecular weight excluding hydrogens is 457 g/mol. The lowest BCUT2D eigenvalue weighted by Crippen LogP contribution is -2.41. The number of ketones is 1. The van der Waals surface area contributed by atoms with Crippen LogP contribution in [0.25, 0.3) is 6.08 Å². The van der Waals surface area contributed by atoms with Crippen LogP contribution in [0.3, 0.4) is 0 Å². The average molecular weight is 478 g/mol. The third-order valence-corrected chi connectivity index (χ3v) is 6.10. The molecule has 0 spiro atoms. The van der Waals surface area contributed by atoms with Crippen molar-refractivity contribution >= 4 is 46.7 Å². The second kappa shape index (κ2) is 9.75. The van der Waals surface area contributed by atoms with Gasteiger partial charge in [-0.1, -0.05) is 90.0 Å². The van der Waals surface area contributed by atoms with E-state index in [2.05, 4.69) is 0 Å². The highest BCUT2D eigenvalue weighted by molar-refractivity contribution is 6.31. The van der Waals surface area contributed by atoms with E-state index in [1.807, 2.05) is 48.5 Å². The Balaban J connectivity index is 1.57. The molecule has 1 N–H and O–H groups in total. The Labute approximate surface area is 202 Å². The molecule has 1 heterocycles. The molecular formula is C27H21Cl2NO3. The summed E-state index contributed by atoms with van der Waals surface area (Å²) in [7, 11) is 0. The average Bonchev–Trinajstić information content (AvgIpc) is 3.00. The lowest BCUT2D eigenvalue weighted by molar-refractivity contribution is -0.140. The molecule has 4 rings (SSSR count). The standard InChI is InChI=1S/C27H21Cl2NO3/c28-21-14-15-25-23(16-21)27(33,26(32)30(25)18-20-11-5-7-13-24(20)29)17-22(31)12-6-4-10-19-8-2-1-3-9-19/h1-16,33H,17-18H2/b10-4+,12-6+. The highest BCUT2D eigenvalue weighted by Crippen LogP contribution is 2.44. The molecule has 1 aliphatic rings. The molecule has 1 amide bonds. The van der Waals surface area contributed by atoms with Crippen molar-refractivity contribution in [1.29, 1.82) is 0 Å². The molecule has 0 aliphatic carbocycles. The topological polar surface area (TPSA) is 57.6 Å². The van der Waals surface area contributed by atoms with Gasteiger partial charge in [0, 0.05) is 15.6 Å². The van der Waals surface area contributed by atoms with Gasteiger partial charge in [0.05, 0.1) is 18.7 Å². The maximum absolute atomic E-state index is 13.4. The second-order valence-corrected chi connectivity index (χ2v) is 8.62. The molecule has 0 bridgehead atoms. The van der Waals surface area contributed by atoms with Crippen LogP contribution in [0, 0.1) is 0 Å². The first-order chi connectivity index (χ1) is 15.9. The van der Waals surface area contributed by atoms with Crippen LogP contribution in [0.1, 0.15) is 23.1 Å². The van der Waals surface area contributed by atoms with Crippen LogP contribution in [0.15, 0.2) is 91.0 Å². The minimum Gasteiger partial charge on any atom is -0.375 e. The van der Waals surface area contributed by atoms with Crippen LogP contribution in [0.5, 0.6) is 0 Å². The molecule has 1 atom stereocenters. The first-order valence-electron chi connectivity index (χ1n) is 10.4. The SMILES string of the molecule is O=C(/C=C/C=C/c1ccccc1)CC1(O)C(=O)N(Cc2ccccc2Cl)c2ccc(Cl)cc21. The van der Waals surface area contributed by atoms with Gasteiger partial charge in [-0.25, -0.2) is 0 Å². The molecule has 0 saturated carbocycles. The van der Waals surface area contributed by atoms with Gasteiger partial charge < -0.3 is 10.0 Å². The summed E-state index contributed by atoms with van der Waals surface area (Å²) in [5.41, 5.74) is 0.542. The zero-order valence-corrected chi connectivity index (χ0v) is 19.1. The fourth-order valence-corrected chi connectivity index (χ4v) is 4.22. The zero-order valence-electron chi connectivity index (χ0n) is 17.6. The van der Waals surface area contributed by atoms with Crippen molar-refractivity contribution in [1.82, 2.24) is 0 Å². The predicted octanol–water partition coefficient (Wildman–Crippen LogP) is 5.96. The zero-order chi connectivity index (χ0) is 23.4. The first kappa shape index (κ1) is 23.0. The maximum atomic E-state index is 13.4. The van der Waals surface area contributed by atoms with Crippen molar-refractivity contribution in [2.75, 3.05) is 4.90 Å². The highest BCUT2D eigenvalue weighted by Gasteiger charge is 2.50. The van der Waals surface area contributed by atoms with Gasteiger partial charge in [0.1, 0.15) is 0 Å². The summed E-state index contributed by atoms with van der Waals surface area (Å²) < 4.78 is 0. The Hall–Kier alpha value is -3.18. The molecule has 0 radical (unpaired) electrons. The predicted molar refractivity (Wildman–Crippen MR) is 132 cm³/mol. The normalized spacial score (nSPS) is 17.8. The van der Waals surface area contributed by atoms with Crippen LogP contribution in [-0.4, -0.2) is 16.8 Å². The van der Waals surface area contributed by atoms with E-state index in [1.54, 1.807) is 36.4 Å². The number of carbonyl (C=O) groups is 2. The fourth-order valence-electron chi connectivity index (χ4n) is 3.85. The van der Waals surface area contributed by atoms with E-state index in [1.165, 1.54) is 17.0 Å². The summed E-state index contributed by atoms with van der Waals surface area (Å²) in [6.07, 6.45) is 6.15. The summed E-state index contributed by atoms with van der Waals surface area (Å²) in [4.78, 5) is 27.5. The number of rotatable bonds is 7. The van der Waals surface area contributed by atoms with Crippen LogP contribution in [-0.2, 0) is 21.7 Å². The molecule has 166 valence electrons. The van der Waals surface area contributed by atoms with Gasteiger partial charge in [-0.2, -0.15) is 0 Å². The number of benzene rings is 3. The summed E-state index contributed by atoms with van der Waals surface area (Å²) in [6, 6.07) is 21.7. The van der Waals surface area contributed by atoms with E-state index in [4.69, 9.17) is 23.2 Å². The molecule has 1 aliphatic heterocycles. The van der Waals surface area contributed by atoms with Crippen molar-refractivity contribution in [3.05, 3.63) is 118 Å².